The maximum atomic E-state index is 13.6. The minimum absolute atomic E-state index is 0.304. The number of rotatable bonds is 1. The predicted octanol–water partition coefficient (Wildman–Crippen LogP) is 1.91. The molecule has 1 aliphatic heterocycles. The summed E-state index contributed by atoms with van der Waals surface area (Å²) in [6.07, 6.45) is 1.45. The van der Waals surface area contributed by atoms with E-state index in [2.05, 4.69) is 15.3 Å². The van der Waals surface area contributed by atoms with Crippen LogP contribution in [0, 0.1) is 11.6 Å². The van der Waals surface area contributed by atoms with Crippen molar-refractivity contribution in [2.75, 3.05) is 5.75 Å². The Kier molecular flexibility index (Phi) is 2.40. The molecule has 1 aromatic heterocycles. The van der Waals surface area contributed by atoms with Crippen LogP contribution >= 0.6 is 11.8 Å². The molecule has 0 unspecified atom stereocenters. The van der Waals surface area contributed by atoms with E-state index in [0.29, 0.717) is 22.2 Å². The zero-order valence-corrected chi connectivity index (χ0v) is 9.29. The molecular formula is C10H6F2N4S. The van der Waals surface area contributed by atoms with Gasteiger partial charge in [-0.3, -0.25) is 0 Å². The lowest BCUT2D eigenvalue weighted by Crippen LogP contribution is -2.14. The number of hydrogen-bond donors (Lipinski definition) is 0. The van der Waals surface area contributed by atoms with Crippen LogP contribution in [-0.4, -0.2) is 26.3 Å². The van der Waals surface area contributed by atoms with E-state index in [0.717, 1.165) is 6.07 Å². The third-order valence-corrected chi connectivity index (χ3v) is 3.25. The van der Waals surface area contributed by atoms with E-state index in [1.54, 1.807) is 0 Å². The van der Waals surface area contributed by atoms with E-state index < -0.39 is 11.6 Å². The van der Waals surface area contributed by atoms with Crippen LogP contribution in [0.25, 0.3) is 0 Å². The molecule has 2 heterocycles. The van der Waals surface area contributed by atoms with Gasteiger partial charge in [0.2, 0.25) is 5.16 Å². The quantitative estimate of drug-likeness (QED) is 0.778. The Labute approximate surface area is 99.4 Å². The standard InChI is InChI=1S/C10H6F2N4S/c11-6-1-2-7(8(12)3-6)9-4-17-10-14-13-5-16(10)15-9/h1-3,5H,4H2. The van der Waals surface area contributed by atoms with Gasteiger partial charge in [-0.25, -0.2) is 8.78 Å². The second-order valence-electron chi connectivity index (χ2n) is 3.42. The molecule has 0 bridgehead atoms. The van der Waals surface area contributed by atoms with E-state index >= 15 is 0 Å². The SMILES string of the molecule is Fc1ccc(C2=Nn3cnnc3SC2)c(F)c1. The molecule has 0 fully saturated rings. The maximum Gasteiger partial charge on any atom is 0.212 e. The molecule has 17 heavy (non-hydrogen) atoms. The molecule has 1 aromatic carbocycles. The molecule has 86 valence electrons. The maximum absolute atomic E-state index is 13.6. The van der Waals surface area contributed by atoms with Gasteiger partial charge in [0.1, 0.15) is 18.0 Å². The van der Waals surface area contributed by atoms with Gasteiger partial charge < -0.3 is 0 Å². The number of halogens is 2. The molecule has 2 aromatic rings. The summed E-state index contributed by atoms with van der Waals surface area (Å²) >= 11 is 1.41. The second kappa shape index (κ2) is 3.92. The van der Waals surface area contributed by atoms with Crippen LogP contribution in [-0.2, 0) is 0 Å². The molecule has 0 aliphatic carbocycles. The third-order valence-electron chi connectivity index (χ3n) is 2.31. The van der Waals surface area contributed by atoms with Crippen LogP contribution in [0.15, 0.2) is 34.8 Å². The number of hydrogen-bond acceptors (Lipinski definition) is 4. The summed E-state index contributed by atoms with van der Waals surface area (Å²) in [5.41, 5.74) is 0.845. The van der Waals surface area contributed by atoms with Gasteiger partial charge in [0.15, 0.2) is 0 Å². The van der Waals surface area contributed by atoms with E-state index in [-0.39, 0.29) is 0 Å². The first kappa shape index (κ1) is 10.4. The normalized spacial score (nSPS) is 14.4. The van der Waals surface area contributed by atoms with Gasteiger partial charge in [0, 0.05) is 17.4 Å². The highest BCUT2D eigenvalue weighted by Crippen LogP contribution is 2.23. The van der Waals surface area contributed by atoms with E-state index in [4.69, 9.17) is 0 Å². The Bertz CT molecular complexity index is 608. The Morgan fingerprint density at radius 1 is 1.29 bits per heavy atom. The summed E-state index contributed by atoms with van der Waals surface area (Å²) in [4.78, 5) is 0. The van der Waals surface area contributed by atoms with Crippen molar-refractivity contribution >= 4 is 17.5 Å². The fraction of sp³-hybridized carbons (Fsp3) is 0.100. The minimum atomic E-state index is -0.610. The Hall–Kier alpha value is -1.76. The highest BCUT2D eigenvalue weighted by molar-refractivity contribution is 7.99. The van der Waals surface area contributed by atoms with Crippen LogP contribution in [0.5, 0.6) is 0 Å². The molecule has 0 spiro atoms. The molecule has 0 atom stereocenters. The average molecular weight is 252 g/mol. The lowest BCUT2D eigenvalue weighted by molar-refractivity contribution is 0.581. The fourth-order valence-electron chi connectivity index (χ4n) is 1.53. The van der Waals surface area contributed by atoms with Crippen molar-refractivity contribution in [2.24, 2.45) is 5.10 Å². The van der Waals surface area contributed by atoms with Crippen LogP contribution in [0.3, 0.4) is 0 Å². The summed E-state index contributed by atoms with van der Waals surface area (Å²) in [6, 6.07) is 3.46. The van der Waals surface area contributed by atoms with Crippen molar-refractivity contribution in [2.45, 2.75) is 5.16 Å². The Morgan fingerprint density at radius 2 is 2.18 bits per heavy atom. The zero-order chi connectivity index (χ0) is 11.8. The van der Waals surface area contributed by atoms with Crippen molar-refractivity contribution in [1.29, 1.82) is 0 Å². The van der Waals surface area contributed by atoms with Gasteiger partial charge in [-0.05, 0) is 12.1 Å². The molecular weight excluding hydrogens is 246 g/mol. The van der Waals surface area contributed by atoms with Gasteiger partial charge in [0.05, 0.1) is 5.71 Å². The summed E-state index contributed by atoms with van der Waals surface area (Å²) in [7, 11) is 0. The van der Waals surface area contributed by atoms with Gasteiger partial charge in [0.25, 0.3) is 0 Å². The number of thioether (sulfide) groups is 1. The molecule has 0 amide bonds. The molecule has 4 nitrogen and oxygen atoms in total. The van der Waals surface area contributed by atoms with E-state index in [1.807, 2.05) is 0 Å². The van der Waals surface area contributed by atoms with Crippen LogP contribution in [0.2, 0.25) is 0 Å². The number of nitrogens with zero attached hydrogens (tertiary/aromatic N) is 4. The van der Waals surface area contributed by atoms with Crippen molar-refractivity contribution in [3.8, 4) is 0 Å². The molecule has 3 rings (SSSR count). The molecule has 0 radical (unpaired) electrons. The van der Waals surface area contributed by atoms with Crippen molar-refractivity contribution < 1.29 is 8.78 Å². The predicted molar refractivity (Wildman–Crippen MR) is 59.0 cm³/mol. The summed E-state index contributed by atoms with van der Waals surface area (Å²) < 4.78 is 27.8. The second-order valence-corrected chi connectivity index (χ2v) is 4.36. The number of aromatic nitrogens is 3. The number of benzene rings is 1. The van der Waals surface area contributed by atoms with Gasteiger partial charge in [-0.2, -0.15) is 9.78 Å². The number of fused-ring (bicyclic) bond motifs is 1. The molecule has 0 N–H and O–H groups in total. The van der Waals surface area contributed by atoms with Gasteiger partial charge in [-0.1, -0.05) is 11.8 Å². The highest BCUT2D eigenvalue weighted by Gasteiger charge is 2.18. The first-order valence-electron chi connectivity index (χ1n) is 4.80. The van der Waals surface area contributed by atoms with E-state index in [9.17, 15) is 8.78 Å². The Morgan fingerprint density at radius 3 is 3.00 bits per heavy atom. The molecule has 7 heteroatoms. The molecule has 0 saturated carbocycles. The van der Waals surface area contributed by atoms with Gasteiger partial charge in [-0.15, -0.1) is 10.2 Å². The van der Waals surface area contributed by atoms with Crippen LogP contribution < -0.4 is 0 Å². The summed E-state index contributed by atoms with van der Waals surface area (Å²) in [5, 5.41) is 12.4. The summed E-state index contributed by atoms with van der Waals surface area (Å²) in [6.45, 7) is 0. The van der Waals surface area contributed by atoms with Crippen LogP contribution in [0.1, 0.15) is 5.56 Å². The average Bonchev–Trinajstić information content (AvgIpc) is 2.75. The van der Waals surface area contributed by atoms with Crippen molar-refractivity contribution in [3.05, 3.63) is 41.7 Å². The van der Waals surface area contributed by atoms with Crippen molar-refractivity contribution in [3.63, 3.8) is 0 Å². The lowest BCUT2D eigenvalue weighted by Gasteiger charge is -2.12. The third kappa shape index (κ3) is 1.82. The first-order valence-corrected chi connectivity index (χ1v) is 5.79. The molecule has 0 saturated heterocycles. The Balaban J connectivity index is 2.06. The highest BCUT2D eigenvalue weighted by atomic mass is 32.2. The van der Waals surface area contributed by atoms with Crippen molar-refractivity contribution in [1.82, 2.24) is 14.9 Å². The summed E-state index contributed by atoms with van der Waals surface area (Å²) in [5.74, 6) is -0.720. The van der Waals surface area contributed by atoms with Gasteiger partial charge >= 0.3 is 0 Å². The first-order chi connectivity index (χ1) is 8.24. The monoisotopic (exact) mass is 252 g/mol. The smallest absolute Gasteiger partial charge is 0.207 e. The van der Waals surface area contributed by atoms with Crippen LogP contribution in [0.4, 0.5) is 8.78 Å². The van der Waals surface area contributed by atoms with E-state index in [1.165, 1.54) is 34.9 Å². The zero-order valence-electron chi connectivity index (χ0n) is 8.47. The minimum Gasteiger partial charge on any atom is -0.207 e. The molecule has 1 aliphatic rings. The lowest BCUT2D eigenvalue weighted by atomic mass is 10.1. The topological polar surface area (TPSA) is 43.1 Å². The largest absolute Gasteiger partial charge is 0.212 e. The fourth-order valence-corrected chi connectivity index (χ4v) is 2.33.